The minimum Gasteiger partial charge on any atom is -0.462 e. The molecule has 70 heavy (non-hydrogen) atoms. The fourth-order valence-electron chi connectivity index (χ4n) is 8.77. The normalized spacial score (nSPS) is 12.4. The van der Waals surface area contributed by atoms with Crippen LogP contribution in [-0.4, -0.2) is 37.2 Å². The van der Waals surface area contributed by atoms with Crippen LogP contribution in [0.15, 0.2) is 60.8 Å². The fourth-order valence-corrected chi connectivity index (χ4v) is 8.77. The van der Waals surface area contributed by atoms with Crippen LogP contribution in [0.25, 0.3) is 0 Å². The summed E-state index contributed by atoms with van der Waals surface area (Å²) in [5.41, 5.74) is 0. The second-order valence-corrected chi connectivity index (χ2v) is 20.2. The number of allylic oxidation sites excluding steroid dienone is 10. The first-order chi connectivity index (χ1) is 34.5. The first-order valence-electron chi connectivity index (χ1n) is 30.3. The number of hydrogen-bond donors (Lipinski definition) is 0. The van der Waals surface area contributed by atoms with Gasteiger partial charge >= 0.3 is 17.9 Å². The molecule has 1 unspecified atom stereocenters. The zero-order valence-corrected chi connectivity index (χ0v) is 46.5. The molecule has 0 radical (unpaired) electrons. The van der Waals surface area contributed by atoms with Crippen molar-refractivity contribution >= 4 is 17.9 Å². The first-order valence-corrected chi connectivity index (χ1v) is 30.3. The molecule has 406 valence electrons. The Morgan fingerprint density at radius 2 is 0.557 bits per heavy atom. The largest absolute Gasteiger partial charge is 0.462 e. The summed E-state index contributed by atoms with van der Waals surface area (Å²) in [6.07, 6.45) is 73.6. The summed E-state index contributed by atoms with van der Waals surface area (Å²) in [5, 5.41) is 0. The van der Waals surface area contributed by atoms with Gasteiger partial charge in [0.05, 0.1) is 0 Å². The lowest BCUT2D eigenvalue weighted by Crippen LogP contribution is -2.30. The molecule has 1 atom stereocenters. The van der Waals surface area contributed by atoms with Gasteiger partial charge in [0, 0.05) is 19.3 Å². The van der Waals surface area contributed by atoms with Crippen LogP contribution in [0.5, 0.6) is 0 Å². The first kappa shape index (κ1) is 67.1. The van der Waals surface area contributed by atoms with Gasteiger partial charge in [-0.25, -0.2) is 0 Å². The topological polar surface area (TPSA) is 78.9 Å². The minimum atomic E-state index is -0.789. The Bertz CT molecular complexity index is 1260. The van der Waals surface area contributed by atoms with E-state index in [0.717, 1.165) is 96.3 Å². The van der Waals surface area contributed by atoms with E-state index in [1.807, 2.05) is 0 Å². The third kappa shape index (κ3) is 56.0. The van der Waals surface area contributed by atoms with Crippen molar-refractivity contribution in [2.75, 3.05) is 13.2 Å². The second-order valence-electron chi connectivity index (χ2n) is 20.2. The van der Waals surface area contributed by atoms with Crippen LogP contribution in [0.4, 0.5) is 0 Å². The lowest BCUT2D eigenvalue weighted by molar-refractivity contribution is -0.167. The molecule has 0 aromatic rings. The van der Waals surface area contributed by atoms with Crippen molar-refractivity contribution in [1.82, 2.24) is 0 Å². The average molecular weight is 980 g/mol. The summed E-state index contributed by atoms with van der Waals surface area (Å²) < 4.78 is 16.9. The van der Waals surface area contributed by atoms with Gasteiger partial charge < -0.3 is 14.2 Å². The van der Waals surface area contributed by atoms with Gasteiger partial charge in [0.1, 0.15) is 13.2 Å². The van der Waals surface area contributed by atoms with Crippen molar-refractivity contribution in [3.05, 3.63) is 60.8 Å². The van der Waals surface area contributed by atoms with Gasteiger partial charge in [0.15, 0.2) is 6.10 Å². The van der Waals surface area contributed by atoms with E-state index in [4.69, 9.17) is 14.2 Å². The Morgan fingerprint density at radius 1 is 0.300 bits per heavy atom. The highest BCUT2D eigenvalue weighted by molar-refractivity contribution is 5.71. The molecule has 0 N–H and O–H groups in total. The number of hydrogen-bond acceptors (Lipinski definition) is 6. The van der Waals surface area contributed by atoms with Crippen molar-refractivity contribution < 1.29 is 28.6 Å². The van der Waals surface area contributed by atoms with Gasteiger partial charge in [-0.3, -0.25) is 14.4 Å². The predicted molar refractivity (Wildman–Crippen MR) is 302 cm³/mol. The zero-order valence-electron chi connectivity index (χ0n) is 46.5. The lowest BCUT2D eigenvalue weighted by Gasteiger charge is -2.18. The molecular formula is C64H114O6. The Kier molecular flexibility index (Phi) is 56.3. The summed E-state index contributed by atoms with van der Waals surface area (Å²) >= 11 is 0. The van der Waals surface area contributed by atoms with Gasteiger partial charge in [-0.15, -0.1) is 0 Å². The number of unbranched alkanes of at least 4 members (excludes halogenated alkanes) is 34. The van der Waals surface area contributed by atoms with Crippen LogP contribution >= 0.6 is 0 Å². The molecule has 0 saturated heterocycles. The molecule has 0 saturated carbocycles. The third-order valence-corrected chi connectivity index (χ3v) is 13.3. The van der Waals surface area contributed by atoms with Crippen LogP contribution in [-0.2, 0) is 28.6 Å². The van der Waals surface area contributed by atoms with E-state index < -0.39 is 6.10 Å². The second kappa shape index (κ2) is 58.7. The Morgan fingerprint density at radius 3 is 0.871 bits per heavy atom. The maximum absolute atomic E-state index is 12.9. The quantitative estimate of drug-likeness (QED) is 0.0261. The summed E-state index contributed by atoms with van der Waals surface area (Å²) in [4.78, 5) is 38.2. The van der Waals surface area contributed by atoms with Crippen LogP contribution in [0, 0.1) is 0 Å². The molecule has 6 nitrogen and oxygen atoms in total. The SMILES string of the molecule is CC/C=C\C/C=C\C/C=C\C/C=C\C/C=C\CCCCCC(=O)OC(COC(=O)CCCCCCCCCCCCCCC)COC(=O)CCCCCCCCCCCCCCCCCCCCCC. The molecular weight excluding hydrogens is 865 g/mol. The van der Waals surface area contributed by atoms with Gasteiger partial charge in [-0.2, -0.15) is 0 Å². The number of carbonyl (C=O) groups excluding carboxylic acids is 3. The summed E-state index contributed by atoms with van der Waals surface area (Å²) in [6.45, 7) is 6.54. The highest BCUT2D eigenvalue weighted by atomic mass is 16.6. The molecule has 0 rings (SSSR count). The maximum atomic E-state index is 12.9. The number of rotatable bonds is 55. The van der Waals surface area contributed by atoms with E-state index in [1.54, 1.807) is 0 Å². The van der Waals surface area contributed by atoms with E-state index >= 15 is 0 Å². The molecule has 0 bridgehead atoms. The molecule has 0 aromatic carbocycles. The molecule has 0 aliphatic rings. The van der Waals surface area contributed by atoms with Crippen LogP contribution in [0.1, 0.15) is 310 Å². The highest BCUT2D eigenvalue weighted by Crippen LogP contribution is 2.17. The van der Waals surface area contributed by atoms with Crippen molar-refractivity contribution in [1.29, 1.82) is 0 Å². The van der Waals surface area contributed by atoms with Crippen molar-refractivity contribution in [3.8, 4) is 0 Å². The highest BCUT2D eigenvalue weighted by Gasteiger charge is 2.19. The summed E-state index contributed by atoms with van der Waals surface area (Å²) in [7, 11) is 0. The van der Waals surface area contributed by atoms with Crippen LogP contribution in [0.2, 0.25) is 0 Å². The smallest absolute Gasteiger partial charge is 0.306 e. The number of ether oxygens (including phenoxy) is 3. The summed E-state index contributed by atoms with van der Waals surface area (Å²) in [6, 6.07) is 0. The molecule has 0 fully saturated rings. The van der Waals surface area contributed by atoms with Crippen LogP contribution in [0.3, 0.4) is 0 Å². The van der Waals surface area contributed by atoms with Gasteiger partial charge in [0.25, 0.3) is 0 Å². The summed E-state index contributed by atoms with van der Waals surface area (Å²) in [5.74, 6) is -0.899. The van der Waals surface area contributed by atoms with Gasteiger partial charge in [0.2, 0.25) is 0 Å². The number of carbonyl (C=O) groups is 3. The molecule has 0 aliphatic carbocycles. The minimum absolute atomic E-state index is 0.0835. The molecule has 0 amide bonds. The van der Waals surface area contributed by atoms with Crippen molar-refractivity contribution in [2.45, 2.75) is 316 Å². The Labute approximate surface area is 434 Å². The fraction of sp³-hybridized carbons (Fsp3) is 0.797. The standard InChI is InChI=1S/C64H114O6/c1-4-7-10-13-16-19-22-25-27-29-31-33-34-36-39-42-45-48-51-54-57-63(66)69-60-61(59-68-62(65)56-53-50-47-44-41-38-24-21-18-15-12-9-6-3)70-64(67)58-55-52-49-46-43-40-37-35-32-30-28-26-23-20-17-14-11-8-5-2/h8,11,17,20,26,28,32,35,40,43,61H,4-7,9-10,12-16,18-19,21-25,27,29-31,33-34,36-39,41-42,44-60H2,1-3H3/b11-8-,20-17-,28-26-,35-32-,43-40-. The molecule has 0 spiro atoms. The van der Waals surface area contributed by atoms with E-state index in [1.165, 1.54) is 173 Å². The molecule has 0 heterocycles. The predicted octanol–water partition coefficient (Wildman–Crippen LogP) is 20.4. The molecule has 0 aromatic heterocycles. The lowest BCUT2D eigenvalue weighted by atomic mass is 10.0. The molecule has 0 aliphatic heterocycles. The van der Waals surface area contributed by atoms with Crippen molar-refractivity contribution in [3.63, 3.8) is 0 Å². The monoisotopic (exact) mass is 979 g/mol. The number of esters is 3. The third-order valence-electron chi connectivity index (χ3n) is 13.3. The van der Waals surface area contributed by atoms with Crippen molar-refractivity contribution in [2.24, 2.45) is 0 Å². The van der Waals surface area contributed by atoms with Crippen LogP contribution < -0.4 is 0 Å². The van der Waals surface area contributed by atoms with E-state index in [-0.39, 0.29) is 31.1 Å². The van der Waals surface area contributed by atoms with E-state index in [9.17, 15) is 14.4 Å². The van der Waals surface area contributed by atoms with Gasteiger partial charge in [-0.05, 0) is 64.2 Å². The van der Waals surface area contributed by atoms with E-state index in [2.05, 4.69) is 81.5 Å². The average Bonchev–Trinajstić information content (AvgIpc) is 3.36. The zero-order chi connectivity index (χ0) is 50.7. The maximum Gasteiger partial charge on any atom is 0.306 e. The van der Waals surface area contributed by atoms with E-state index in [0.29, 0.717) is 19.3 Å². The Hall–Kier alpha value is -2.89. The molecule has 6 heteroatoms. The van der Waals surface area contributed by atoms with Gasteiger partial charge in [-0.1, -0.05) is 287 Å². The Balaban J connectivity index is 4.37.